The van der Waals surface area contributed by atoms with E-state index >= 15 is 0 Å². The number of amides is 1. The smallest absolute Gasteiger partial charge is 0.337 e. The standard InChI is InChI=1S/C23H22N4O5S/c1-3-12-27-21(19-13-31-17-6-4-5-7-18(17)32-19)25-26-23(27)33-14-20(28)24-16-10-8-15(9-11-16)22(29)30-2/h3-11,19H,1,12-14H2,2H3,(H,24,28). The minimum absolute atomic E-state index is 0.124. The van der Waals surface area contributed by atoms with Crippen molar-refractivity contribution < 1.29 is 23.8 Å². The van der Waals surface area contributed by atoms with Gasteiger partial charge in [0, 0.05) is 12.2 Å². The number of benzene rings is 2. The number of nitrogens with one attached hydrogen (secondary N) is 1. The van der Waals surface area contributed by atoms with E-state index in [1.54, 1.807) is 30.3 Å². The van der Waals surface area contributed by atoms with E-state index < -0.39 is 12.1 Å². The van der Waals surface area contributed by atoms with E-state index in [1.165, 1.54) is 18.9 Å². The lowest BCUT2D eigenvalue weighted by atomic mass is 10.2. The van der Waals surface area contributed by atoms with Gasteiger partial charge in [0.15, 0.2) is 28.6 Å². The third-order valence-corrected chi connectivity index (χ3v) is 5.74. The number of carbonyl (C=O) groups excluding carboxylic acids is 2. The van der Waals surface area contributed by atoms with E-state index in [0.29, 0.717) is 46.9 Å². The molecule has 0 radical (unpaired) electrons. The summed E-state index contributed by atoms with van der Waals surface area (Å²) in [5.74, 6) is 1.41. The molecule has 33 heavy (non-hydrogen) atoms. The maximum atomic E-state index is 12.4. The van der Waals surface area contributed by atoms with Crippen molar-refractivity contribution in [1.82, 2.24) is 14.8 Å². The molecule has 1 atom stereocenters. The van der Waals surface area contributed by atoms with Crippen molar-refractivity contribution in [2.24, 2.45) is 0 Å². The Morgan fingerprint density at radius 3 is 2.70 bits per heavy atom. The summed E-state index contributed by atoms with van der Waals surface area (Å²) < 4.78 is 18.4. The van der Waals surface area contributed by atoms with Gasteiger partial charge in [-0.3, -0.25) is 9.36 Å². The molecule has 10 heteroatoms. The first kappa shape index (κ1) is 22.4. The highest BCUT2D eigenvalue weighted by atomic mass is 32.2. The summed E-state index contributed by atoms with van der Waals surface area (Å²) >= 11 is 1.26. The number of thioether (sulfide) groups is 1. The van der Waals surface area contributed by atoms with Crippen LogP contribution in [-0.2, 0) is 16.1 Å². The highest BCUT2D eigenvalue weighted by molar-refractivity contribution is 7.99. The summed E-state index contributed by atoms with van der Waals surface area (Å²) in [6, 6.07) is 13.9. The maximum absolute atomic E-state index is 12.4. The van der Waals surface area contributed by atoms with Crippen LogP contribution in [0.15, 0.2) is 66.3 Å². The maximum Gasteiger partial charge on any atom is 0.337 e. The lowest BCUT2D eigenvalue weighted by Gasteiger charge is -2.26. The first-order chi connectivity index (χ1) is 16.1. The van der Waals surface area contributed by atoms with Crippen molar-refractivity contribution in [2.45, 2.75) is 17.8 Å². The number of aromatic nitrogens is 3. The van der Waals surface area contributed by atoms with Gasteiger partial charge in [-0.25, -0.2) is 4.79 Å². The normalized spacial score (nSPS) is 14.4. The number of anilines is 1. The number of methoxy groups -OCH3 is 1. The monoisotopic (exact) mass is 466 g/mol. The topological polar surface area (TPSA) is 105 Å². The van der Waals surface area contributed by atoms with Crippen LogP contribution >= 0.6 is 11.8 Å². The molecular weight excluding hydrogens is 444 g/mol. The fourth-order valence-corrected chi connectivity index (χ4v) is 3.98. The molecule has 9 nitrogen and oxygen atoms in total. The van der Waals surface area contributed by atoms with Crippen LogP contribution in [0.5, 0.6) is 11.5 Å². The lowest BCUT2D eigenvalue weighted by Crippen LogP contribution is -2.25. The van der Waals surface area contributed by atoms with Gasteiger partial charge in [-0.15, -0.1) is 16.8 Å². The largest absolute Gasteiger partial charge is 0.485 e. The third-order valence-electron chi connectivity index (χ3n) is 4.78. The quantitative estimate of drug-likeness (QED) is 0.306. The van der Waals surface area contributed by atoms with Gasteiger partial charge in [-0.1, -0.05) is 30.0 Å². The van der Waals surface area contributed by atoms with Gasteiger partial charge in [0.2, 0.25) is 5.91 Å². The third kappa shape index (κ3) is 5.17. The van der Waals surface area contributed by atoms with Crippen molar-refractivity contribution in [2.75, 3.05) is 24.8 Å². The van der Waals surface area contributed by atoms with E-state index in [-0.39, 0.29) is 11.7 Å². The van der Waals surface area contributed by atoms with Crippen LogP contribution in [0.4, 0.5) is 5.69 Å². The second-order valence-corrected chi connectivity index (χ2v) is 7.95. The molecule has 1 unspecified atom stereocenters. The van der Waals surface area contributed by atoms with Crippen molar-refractivity contribution in [3.8, 4) is 11.5 Å². The zero-order valence-electron chi connectivity index (χ0n) is 17.9. The number of para-hydroxylation sites is 2. The summed E-state index contributed by atoms with van der Waals surface area (Å²) in [7, 11) is 1.32. The highest BCUT2D eigenvalue weighted by Crippen LogP contribution is 2.36. The van der Waals surface area contributed by atoms with E-state index in [9.17, 15) is 9.59 Å². The molecule has 0 bridgehead atoms. The first-order valence-corrected chi connectivity index (χ1v) is 11.1. The second kappa shape index (κ2) is 10.2. The second-order valence-electron chi connectivity index (χ2n) is 7.01. The number of hydrogen-bond acceptors (Lipinski definition) is 8. The fraction of sp³-hybridized carbons (Fsp3) is 0.217. The van der Waals surface area contributed by atoms with E-state index in [0.717, 1.165) is 0 Å². The molecule has 1 aromatic heterocycles. The zero-order chi connectivity index (χ0) is 23.2. The molecule has 3 aromatic rings. The van der Waals surface area contributed by atoms with Gasteiger partial charge >= 0.3 is 5.97 Å². The van der Waals surface area contributed by atoms with Crippen LogP contribution < -0.4 is 14.8 Å². The van der Waals surface area contributed by atoms with Crippen molar-refractivity contribution in [1.29, 1.82) is 0 Å². The number of allylic oxidation sites excluding steroid dienone is 1. The number of carbonyl (C=O) groups is 2. The van der Waals surface area contributed by atoms with Crippen molar-refractivity contribution in [3.63, 3.8) is 0 Å². The van der Waals surface area contributed by atoms with Gasteiger partial charge in [-0.05, 0) is 36.4 Å². The number of fused-ring (bicyclic) bond motifs is 1. The molecule has 0 aliphatic carbocycles. The molecule has 0 saturated heterocycles. The molecule has 0 saturated carbocycles. The number of nitrogens with zero attached hydrogens (tertiary/aromatic N) is 3. The Morgan fingerprint density at radius 1 is 1.21 bits per heavy atom. The molecule has 0 fully saturated rings. The van der Waals surface area contributed by atoms with Crippen molar-refractivity contribution in [3.05, 3.63) is 72.6 Å². The Bertz CT molecular complexity index is 1160. The highest BCUT2D eigenvalue weighted by Gasteiger charge is 2.28. The molecule has 1 aliphatic heterocycles. The summed E-state index contributed by atoms with van der Waals surface area (Å²) in [6.45, 7) is 4.57. The average Bonchev–Trinajstić information content (AvgIpc) is 3.25. The van der Waals surface area contributed by atoms with E-state index in [4.69, 9.17) is 9.47 Å². The Kier molecular flexibility index (Phi) is 6.94. The molecular formula is C23H22N4O5S. The molecule has 1 N–H and O–H groups in total. The average molecular weight is 467 g/mol. The van der Waals surface area contributed by atoms with E-state index in [2.05, 4.69) is 26.8 Å². The molecule has 2 heterocycles. The summed E-state index contributed by atoms with van der Waals surface area (Å²) in [5, 5.41) is 11.9. The summed E-state index contributed by atoms with van der Waals surface area (Å²) in [6.07, 6.45) is 1.31. The SMILES string of the molecule is C=CCn1c(SCC(=O)Nc2ccc(C(=O)OC)cc2)nnc1C1COc2ccccc2O1. The molecule has 2 aromatic carbocycles. The van der Waals surface area contributed by atoms with Crippen molar-refractivity contribution >= 4 is 29.3 Å². The Labute approximate surface area is 194 Å². The number of ether oxygens (including phenoxy) is 3. The van der Waals surface area contributed by atoms with Gasteiger partial charge in [-0.2, -0.15) is 0 Å². The molecule has 170 valence electrons. The minimum atomic E-state index is -0.434. The number of esters is 1. The molecule has 4 rings (SSSR count). The van der Waals surface area contributed by atoms with Crippen LogP contribution in [0.2, 0.25) is 0 Å². The van der Waals surface area contributed by atoms with Crippen LogP contribution in [0.25, 0.3) is 0 Å². The Balaban J connectivity index is 1.40. The fourth-order valence-electron chi connectivity index (χ4n) is 3.23. The summed E-state index contributed by atoms with van der Waals surface area (Å²) in [5.41, 5.74) is 0.986. The predicted octanol–water partition coefficient (Wildman–Crippen LogP) is 3.49. The van der Waals surface area contributed by atoms with Gasteiger partial charge in [0.1, 0.15) is 6.61 Å². The van der Waals surface area contributed by atoms with Crippen LogP contribution in [0.1, 0.15) is 22.3 Å². The van der Waals surface area contributed by atoms with Crippen LogP contribution in [0, 0.1) is 0 Å². The van der Waals surface area contributed by atoms with Crippen LogP contribution in [0.3, 0.4) is 0 Å². The molecule has 0 spiro atoms. The minimum Gasteiger partial charge on any atom is -0.485 e. The Hall–Kier alpha value is -3.79. The van der Waals surface area contributed by atoms with E-state index in [1.807, 2.05) is 28.8 Å². The number of rotatable bonds is 8. The van der Waals surface area contributed by atoms with Gasteiger partial charge in [0.25, 0.3) is 0 Å². The number of hydrogen-bond donors (Lipinski definition) is 1. The molecule has 1 amide bonds. The zero-order valence-corrected chi connectivity index (χ0v) is 18.7. The molecule has 1 aliphatic rings. The van der Waals surface area contributed by atoms with Gasteiger partial charge < -0.3 is 19.5 Å². The van der Waals surface area contributed by atoms with Gasteiger partial charge in [0.05, 0.1) is 18.4 Å². The first-order valence-electron chi connectivity index (χ1n) is 10.1. The predicted molar refractivity (Wildman–Crippen MR) is 123 cm³/mol. The summed E-state index contributed by atoms with van der Waals surface area (Å²) in [4.78, 5) is 23.9. The van der Waals surface area contributed by atoms with Crippen LogP contribution in [-0.4, -0.2) is 46.1 Å². The Morgan fingerprint density at radius 2 is 1.97 bits per heavy atom. The lowest BCUT2D eigenvalue weighted by molar-refractivity contribution is -0.113.